The summed E-state index contributed by atoms with van der Waals surface area (Å²) in [6, 6.07) is 8.25. The van der Waals surface area contributed by atoms with E-state index in [4.69, 9.17) is 4.74 Å². The van der Waals surface area contributed by atoms with Crippen LogP contribution in [-0.4, -0.2) is 23.3 Å². The topological polar surface area (TPSA) is 39.2 Å². The van der Waals surface area contributed by atoms with Gasteiger partial charge >= 0.3 is 5.97 Å². The summed E-state index contributed by atoms with van der Waals surface area (Å²) in [6.45, 7) is 6.29. The molecule has 19 heavy (non-hydrogen) atoms. The first-order valence-electron chi connectivity index (χ1n) is 6.27. The van der Waals surface area contributed by atoms with Crippen LogP contribution in [0.1, 0.15) is 18.1 Å². The number of carbonyl (C=O) groups excluding carboxylic acids is 1. The molecule has 2 rings (SSSR count). The molecule has 1 aromatic carbocycles. The number of hydrogen-bond acceptors (Lipinski definition) is 4. The normalized spacial score (nSPS) is 10.7. The molecule has 0 N–H and O–H groups in total. The third-order valence-electron chi connectivity index (χ3n) is 2.82. The van der Waals surface area contributed by atoms with Gasteiger partial charge in [-0.25, -0.2) is 4.98 Å². The zero-order valence-electron chi connectivity index (χ0n) is 11.4. The van der Waals surface area contributed by atoms with Crippen molar-refractivity contribution in [1.82, 2.24) is 4.98 Å². The summed E-state index contributed by atoms with van der Waals surface area (Å²) in [5.74, 6) is 0.109. The van der Waals surface area contributed by atoms with Crippen molar-refractivity contribution in [3.63, 3.8) is 0 Å². The van der Waals surface area contributed by atoms with Gasteiger partial charge in [-0.15, -0.1) is 0 Å². The lowest BCUT2D eigenvalue weighted by atomic mass is 10.1. The van der Waals surface area contributed by atoms with E-state index in [1.165, 1.54) is 11.8 Å². The van der Waals surface area contributed by atoms with Gasteiger partial charge in [0.1, 0.15) is 5.03 Å². The maximum absolute atomic E-state index is 11.4. The number of hydrogen-bond donors (Lipinski definition) is 0. The Balaban J connectivity index is 2.26. The summed E-state index contributed by atoms with van der Waals surface area (Å²) in [7, 11) is 0. The fraction of sp³-hybridized carbons (Fsp3) is 0.333. The number of fused-ring (bicyclic) bond motifs is 1. The van der Waals surface area contributed by atoms with Gasteiger partial charge in [-0.05, 0) is 38.0 Å². The lowest BCUT2D eigenvalue weighted by Gasteiger charge is -2.08. The number of pyridine rings is 1. The molecule has 1 heterocycles. The predicted molar refractivity (Wildman–Crippen MR) is 78.6 cm³/mol. The largest absolute Gasteiger partial charge is 0.465 e. The van der Waals surface area contributed by atoms with E-state index in [-0.39, 0.29) is 5.97 Å². The van der Waals surface area contributed by atoms with Crippen molar-refractivity contribution in [2.75, 3.05) is 12.4 Å². The standard InChI is InChI=1S/C15H17NO2S/c1-4-18-13(17)9-19-15-11(3)8-12-7-5-6-10(2)14(12)16-15/h5-8H,4,9H2,1-3H3. The van der Waals surface area contributed by atoms with Crippen molar-refractivity contribution in [1.29, 1.82) is 0 Å². The minimum absolute atomic E-state index is 0.196. The predicted octanol–water partition coefficient (Wildman–Crippen LogP) is 3.51. The summed E-state index contributed by atoms with van der Waals surface area (Å²) in [6.07, 6.45) is 0. The van der Waals surface area contributed by atoms with Gasteiger partial charge in [0.15, 0.2) is 0 Å². The lowest BCUT2D eigenvalue weighted by molar-refractivity contribution is -0.139. The highest BCUT2D eigenvalue weighted by Gasteiger charge is 2.09. The fourth-order valence-corrected chi connectivity index (χ4v) is 2.69. The van der Waals surface area contributed by atoms with E-state index in [2.05, 4.69) is 17.1 Å². The first-order valence-corrected chi connectivity index (χ1v) is 7.25. The third-order valence-corrected chi connectivity index (χ3v) is 3.89. The summed E-state index contributed by atoms with van der Waals surface area (Å²) in [4.78, 5) is 16.0. The average Bonchev–Trinajstić information content (AvgIpc) is 2.37. The highest BCUT2D eigenvalue weighted by molar-refractivity contribution is 7.99. The highest BCUT2D eigenvalue weighted by Crippen LogP contribution is 2.25. The minimum Gasteiger partial charge on any atom is -0.465 e. The Bertz CT molecular complexity index is 610. The molecule has 0 bridgehead atoms. The monoisotopic (exact) mass is 275 g/mol. The Morgan fingerprint density at radius 3 is 2.84 bits per heavy atom. The molecule has 0 unspecified atom stereocenters. The van der Waals surface area contributed by atoms with Crippen LogP contribution in [0.25, 0.3) is 10.9 Å². The fourth-order valence-electron chi connectivity index (χ4n) is 1.91. The number of aromatic nitrogens is 1. The molecule has 0 aliphatic rings. The quantitative estimate of drug-likeness (QED) is 0.632. The Morgan fingerprint density at radius 2 is 2.11 bits per heavy atom. The van der Waals surface area contributed by atoms with Crippen LogP contribution in [0.2, 0.25) is 0 Å². The smallest absolute Gasteiger partial charge is 0.316 e. The second-order valence-corrected chi connectivity index (χ2v) is 5.31. The molecule has 2 aromatic rings. The summed E-state index contributed by atoms with van der Waals surface area (Å²) >= 11 is 1.43. The van der Waals surface area contributed by atoms with Crippen LogP contribution in [0.5, 0.6) is 0 Å². The molecule has 0 spiro atoms. The summed E-state index contributed by atoms with van der Waals surface area (Å²) in [5, 5.41) is 2.04. The van der Waals surface area contributed by atoms with E-state index in [1.807, 2.05) is 32.9 Å². The molecule has 3 nitrogen and oxygen atoms in total. The zero-order chi connectivity index (χ0) is 13.8. The van der Waals surface area contributed by atoms with E-state index >= 15 is 0 Å². The van der Waals surface area contributed by atoms with Crippen LogP contribution in [0.3, 0.4) is 0 Å². The van der Waals surface area contributed by atoms with Gasteiger partial charge < -0.3 is 4.74 Å². The SMILES string of the molecule is CCOC(=O)CSc1nc2c(C)cccc2cc1C. The molecule has 0 amide bonds. The molecule has 0 aliphatic heterocycles. The number of esters is 1. The van der Waals surface area contributed by atoms with Crippen molar-refractivity contribution in [2.45, 2.75) is 25.8 Å². The molecule has 0 saturated heterocycles. The first-order chi connectivity index (χ1) is 9.11. The van der Waals surface area contributed by atoms with Crippen molar-refractivity contribution in [2.24, 2.45) is 0 Å². The number of para-hydroxylation sites is 1. The van der Waals surface area contributed by atoms with E-state index in [1.54, 1.807) is 0 Å². The molecular formula is C15H17NO2S. The molecule has 1 aromatic heterocycles. The number of benzene rings is 1. The number of nitrogens with zero attached hydrogens (tertiary/aromatic N) is 1. The Labute approximate surface area is 117 Å². The molecule has 0 radical (unpaired) electrons. The summed E-state index contributed by atoms with van der Waals surface area (Å²) in [5.41, 5.74) is 3.24. The lowest BCUT2D eigenvalue weighted by Crippen LogP contribution is -2.07. The van der Waals surface area contributed by atoms with E-state index in [0.29, 0.717) is 12.4 Å². The van der Waals surface area contributed by atoms with Crippen LogP contribution in [-0.2, 0) is 9.53 Å². The van der Waals surface area contributed by atoms with Gasteiger partial charge in [0, 0.05) is 5.39 Å². The van der Waals surface area contributed by atoms with Crippen LogP contribution in [0, 0.1) is 13.8 Å². The number of aryl methyl sites for hydroxylation is 2. The highest BCUT2D eigenvalue weighted by atomic mass is 32.2. The van der Waals surface area contributed by atoms with Gasteiger partial charge in [0.2, 0.25) is 0 Å². The van der Waals surface area contributed by atoms with Gasteiger partial charge in [0.05, 0.1) is 17.9 Å². The number of carbonyl (C=O) groups is 1. The average molecular weight is 275 g/mol. The van der Waals surface area contributed by atoms with Gasteiger partial charge in [-0.1, -0.05) is 30.0 Å². The van der Waals surface area contributed by atoms with Crippen molar-refractivity contribution in [3.8, 4) is 0 Å². The van der Waals surface area contributed by atoms with Gasteiger partial charge in [0.25, 0.3) is 0 Å². The van der Waals surface area contributed by atoms with Crippen LogP contribution in [0.15, 0.2) is 29.3 Å². The third kappa shape index (κ3) is 3.26. The second kappa shape index (κ2) is 6.06. The molecule has 0 aliphatic carbocycles. The van der Waals surface area contributed by atoms with E-state index in [9.17, 15) is 4.79 Å². The van der Waals surface area contributed by atoms with Gasteiger partial charge in [-0.2, -0.15) is 0 Å². The van der Waals surface area contributed by atoms with E-state index in [0.717, 1.165) is 27.1 Å². The number of rotatable bonds is 4. The Morgan fingerprint density at radius 1 is 1.32 bits per heavy atom. The molecule has 0 atom stereocenters. The molecule has 4 heteroatoms. The van der Waals surface area contributed by atoms with Crippen LogP contribution < -0.4 is 0 Å². The minimum atomic E-state index is -0.196. The van der Waals surface area contributed by atoms with Crippen LogP contribution in [0.4, 0.5) is 0 Å². The van der Waals surface area contributed by atoms with Crippen molar-refractivity contribution in [3.05, 3.63) is 35.4 Å². The maximum Gasteiger partial charge on any atom is 0.316 e. The zero-order valence-corrected chi connectivity index (χ0v) is 12.2. The number of thioether (sulfide) groups is 1. The molecule has 0 saturated carbocycles. The first kappa shape index (κ1) is 13.9. The Kier molecular flexibility index (Phi) is 4.43. The van der Waals surface area contributed by atoms with Crippen molar-refractivity contribution < 1.29 is 9.53 Å². The molecule has 0 fully saturated rings. The van der Waals surface area contributed by atoms with Crippen LogP contribution >= 0.6 is 11.8 Å². The second-order valence-electron chi connectivity index (χ2n) is 4.35. The maximum atomic E-state index is 11.4. The van der Waals surface area contributed by atoms with Gasteiger partial charge in [-0.3, -0.25) is 4.79 Å². The molecule has 100 valence electrons. The molecular weight excluding hydrogens is 258 g/mol. The Hall–Kier alpha value is -1.55. The van der Waals surface area contributed by atoms with Crippen molar-refractivity contribution >= 4 is 28.6 Å². The summed E-state index contributed by atoms with van der Waals surface area (Å²) < 4.78 is 4.93. The van der Waals surface area contributed by atoms with E-state index < -0.39 is 0 Å². The number of ether oxygens (including phenoxy) is 1.